The number of ether oxygens (including phenoxy) is 1. The van der Waals surface area contributed by atoms with Crippen molar-refractivity contribution in [2.75, 3.05) is 13.7 Å². The Morgan fingerprint density at radius 1 is 1.38 bits per heavy atom. The Balaban J connectivity index is 2.28. The second kappa shape index (κ2) is 3.91. The topological polar surface area (TPSA) is 36.3 Å². The fourth-order valence-electron chi connectivity index (χ4n) is 2.23. The van der Waals surface area contributed by atoms with Gasteiger partial charge in [0.25, 0.3) is 0 Å². The minimum absolute atomic E-state index is 0.134. The van der Waals surface area contributed by atoms with Gasteiger partial charge in [-0.1, -0.05) is 24.3 Å². The predicted molar refractivity (Wildman–Crippen MR) is 64.8 cm³/mol. The summed E-state index contributed by atoms with van der Waals surface area (Å²) in [5, 5.41) is 8.19. The summed E-state index contributed by atoms with van der Waals surface area (Å²) < 4.78 is 5.23. The van der Waals surface area contributed by atoms with Crippen molar-refractivity contribution in [1.82, 2.24) is 4.90 Å². The molecule has 1 aromatic rings. The van der Waals surface area contributed by atoms with E-state index in [1.807, 2.05) is 18.2 Å². The van der Waals surface area contributed by atoms with E-state index in [-0.39, 0.29) is 5.54 Å². The fraction of sp³-hybridized carbons (Fsp3) is 0.462. The first kappa shape index (κ1) is 11.1. The lowest BCUT2D eigenvalue weighted by Gasteiger charge is -2.36. The SMILES string of the molecule is COCC(C)(C)N1Cc2ccccc2C1=N. The molecule has 0 fully saturated rings. The van der Waals surface area contributed by atoms with Gasteiger partial charge in [-0.2, -0.15) is 0 Å². The van der Waals surface area contributed by atoms with E-state index in [9.17, 15) is 0 Å². The summed E-state index contributed by atoms with van der Waals surface area (Å²) in [5.74, 6) is 0.609. The molecule has 0 atom stereocenters. The van der Waals surface area contributed by atoms with Crippen LogP contribution in [-0.4, -0.2) is 30.0 Å². The Bertz CT molecular complexity index is 412. The van der Waals surface area contributed by atoms with Crippen LogP contribution >= 0.6 is 0 Å². The molecule has 0 radical (unpaired) electrons. The van der Waals surface area contributed by atoms with Crippen LogP contribution in [0, 0.1) is 5.41 Å². The molecular weight excluding hydrogens is 200 g/mol. The fourth-order valence-corrected chi connectivity index (χ4v) is 2.23. The average Bonchev–Trinajstić information content (AvgIpc) is 2.58. The predicted octanol–water partition coefficient (Wildman–Crippen LogP) is 2.25. The first-order valence-corrected chi connectivity index (χ1v) is 5.49. The van der Waals surface area contributed by atoms with Crippen molar-refractivity contribution >= 4 is 5.84 Å². The zero-order chi connectivity index (χ0) is 11.8. The highest BCUT2D eigenvalue weighted by Crippen LogP contribution is 2.29. The van der Waals surface area contributed by atoms with Gasteiger partial charge in [0.15, 0.2) is 0 Å². The van der Waals surface area contributed by atoms with Crippen LogP contribution in [0.3, 0.4) is 0 Å². The molecule has 16 heavy (non-hydrogen) atoms. The van der Waals surface area contributed by atoms with Gasteiger partial charge in [0.1, 0.15) is 5.84 Å². The summed E-state index contributed by atoms with van der Waals surface area (Å²) in [6, 6.07) is 8.12. The number of amidine groups is 1. The summed E-state index contributed by atoms with van der Waals surface area (Å²) in [4.78, 5) is 2.10. The molecule has 2 rings (SSSR count). The molecule has 3 heteroatoms. The highest BCUT2D eigenvalue weighted by Gasteiger charge is 2.34. The van der Waals surface area contributed by atoms with Crippen LogP contribution in [0.25, 0.3) is 0 Å². The van der Waals surface area contributed by atoms with Gasteiger partial charge in [0.05, 0.1) is 12.1 Å². The maximum Gasteiger partial charge on any atom is 0.129 e. The maximum absolute atomic E-state index is 8.19. The Kier molecular flexibility index (Phi) is 2.72. The lowest BCUT2D eigenvalue weighted by atomic mass is 10.0. The molecule has 0 saturated heterocycles. The van der Waals surface area contributed by atoms with E-state index in [2.05, 4.69) is 24.8 Å². The van der Waals surface area contributed by atoms with Crippen molar-refractivity contribution in [3.05, 3.63) is 35.4 Å². The highest BCUT2D eigenvalue weighted by molar-refractivity contribution is 6.00. The van der Waals surface area contributed by atoms with E-state index in [1.165, 1.54) is 5.56 Å². The van der Waals surface area contributed by atoms with Crippen molar-refractivity contribution < 1.29 is 4.74 Å². The molecule has 1 heterocycles. The standard InChI is InChI=1S/C13H18N2O/c1-13(2,9-16-3)15-8-10-6-4-5-7-11(10)12(15)14/h4-7,14H,8-9H2,1-3H3. The quantitative estimate of drug-likeness (QED) is 0.844. The monoisotopic (exact) mass is 218 g/mol. The van der Waals surface area contributed by atoms with Crippen molar-refractivity contribution in [2.45, 2.75) is 25.9 Å². The Morgan fingerprint density at radius 2 is 2.06 bits per heavy atom. The Hall–Kier alpha value is -1.35. The molecule has 3 nitrogen and oxygen atoms in total. The third kappa shape index (κ3) is 1.71. The molecule has 1 N–H and O–H groups in total. The lowest BCUT2D eigenvalue weighted by molar-refractivity contribution is 0.0748. The molecular formula is C13H18N2O. The molecule has 0 bridgehead atoms. The van der Waals surface area contributed by atoms with Crippen LogP contribution in [-0.2, 0) is 11.3 Å². The van der Waals surface area contributed by atoms with E-state index in [1.54, 1.807) is 7.11 Å². The molecule has 1 aromatic carbocycles. The van der Waals surface area contributed by atoms with Gasteiger partial charge in [0.2, 0.25) is 0 Å². The van der Waals surface area contributed by atoms with E-state index >= 15 is 0 Å². The van der Waals surface area contributed by atoms with Crippen LogP contribution in [0.1, 0.15) is 25.0 Å². The van der Waals surface area contributed by atoms with Crippen LogP contribution in [0.5, 0.6) is 0 Å². The number of nitrogens with one attached hydrogen (secondary N) is 1. The van der Waals surface area contributed by atoms with Gasteiger partial charge < -0.3 is 9.64 Å². The number of benzene rings is 1. The number of hydrogen-bond acceptors (Lipinski definition) is 2. The lowest BCUT2D eigenvalue weighted by Crippen LogP contribution is -2.47. The summed E-state index contributed by atoms with van der Waals surface area (Å²) in [7, 11) is 1.70. The molecule has 0 saturated carbocycles. The van der Waals surface area contributed by atoms with Crippen LogP contribution in [0.15, 0.2) is 24.3 Å². The van der Waals surface area contributed by atoms with E-state index in [0.29, 0.717) is 12.4 Å². The molecule has 0 aromatic heterocycles. The molecule has 0 amide bonds. The average molecular weight is 218 g/mol. The molecule has 86 valence electrons. The first-order chi connectivity index (χ1) is 7.56. The van der Waals surface area contributed by atoms with E-state index < -0.39 is 0 Å². The van der Waals surface area contributed by atoms with Gasteiger partial charge in [-0.05, 0) is 19.4 Å². The van der Waals surface area contributed by atoms with E-state index in [0.717, 1.165) is 12.1 Å². The Labute approximate surface area is 96.5 Å². The van der Waals surface area contributed by atoms with Crippen LogP contribution in [0.4, 0.5) is 0 Å². The zero-order valence-electron chi connectivity index (χ0n) is 10.1. The number of hydrogen-bond donors (Lipinski definition) is 1. The summed E-state index contributed by atoms with van der Waals surface area (Å²) in [6.45, 7) is 5.66. The number of methoxy groups -OCH3 is 1. The van der Waals surface area contributed by atoms with Gasteiger partial charge in [-0.25, -0.2) is 0 Å². The van der Waals surface area contributed by atoms with Gasteiger partial charge in [0, 0.05) is 19.2 Å². The molecule has 0 aliphatic carbocycles. The first-order valence-electron chi connectivity index (χ1n) is 5.49. The van der Waals surface area contributed by atoms with Crippen molar-refractivity contribution in [1.29, 1.82) is 5.41 Å². The number of nitrogens with zero attached hydrogens (tertiary/aromatic N) is 1. The molecule has 1 aliphatic heterocycles. The molecule has 1 aliphatic rings. The third-order valence-corrected chi connectivity index (χ3v) is 3.10. The van der Waals surface area contributed by atoms with Crippen molar-refractivity contribution in [2.24, 2.45) is 0 Å². The van der Waals surface area contributed by atoms with Crippen LogP contribution < -0.4 is 0 Å². The van der Waals surface area contributed by atoms with Gasteiger partial charge >= 0.3 is 0 Å². The van der Waals surface area contributed by atoms with Gasteiger partial charge in [-0.15, -0.1) is 0 Å². The molecule has 0 unspecified atom stereocenters. The molecule has 0 spiro atoms. The second-order valence-corrected chi connectivity index (χ2v) is 4.84. The second-order valence-electron chi connectivity index (χ2n) is 4.84. The zero-order valence-corrected chi connectivity index (χ0v) is 10.1. The van der Waals surface area contributed by atoms with Gasteiger partial charge in [-0.3, -0.25) is 5.41 Å². The minimum atomic E-state index is -0.134. The van der Waals surface area contributed by atoms with Crippen LogP contribution in [0.2, 0.25) is 0 Å². The van der Waals surface area contributed by atoms with E-state index in [4.69, 9.17) is 10.1 Å². The third-order valence-electron chi connectivity index (χ3n) is 3.10. The number of rotatable bonds is 3. The largest absolute Gasteiger partial charge is 0.382 e. The van der Waals surface area contributed by atoms with Crippen molar-refractivity contribution in [3.63, 3.8) is 0 Å². The summed E-state index contributed by atoms with van der Waals surface area (Å²) >= 11 is 0. The minimum Gasteiger partial charge on any atom is -0.382 e. The maximum atomic E-state index is 8.19. The highest BCUT2D eigenvalue weighted by atomic mass is 16.5. The van der Waals surface area contributed by atoms with Crippen molar-refractivity contribution in [3.8, 4) is 0 Å². The summed E-state index contributed by atoms with van der Waals surface area (Å²) in [5.41, 5.74) is 2.15. The normalized spacial score (nSPS) is 15.4. The number of fused-ring (bicyclic) bond motifs is 1. The summed E-state index contributed by atoms with van der Waals surface area (Å²) in [6.07, 6.45) is 0. The smallest absolute Gasteiger partial charge is 0.129 e. The Morgan fingerprint density at radius 3 is 2.69 bits per heavy atom.